The quantitative estimate of drug-likeness (QED) is 0.478. The van der Waals surface area contributed by atoms with Crippen LogP contribution in [0.2, 0.25) is 0 Å². The number of amides is 3. The Kier molecular flexibility index (Phi) is 5.14. The standard InChI is InChI=1S/C28H28N4O4/c1-28(2,3)15-4-6-16(7-5-15)30-27(34)32-24-23-19-14-17(8-10-20(19)36-25(23)24)35-21-12-13-29-26-18(21)9-11-22(33)31-26/h4-8,10,12-14,23-25H,9,11H2,1-3H3,(H,29,31,33)(H2,30,32,34)/t23?,24-,25?/m0/s1. The summed E-state index contributed by atoms with van der Waals surface area (Å²) in [6.07, 6.45) is 2.55. The number of ether oxygens (including phenoxy) is 2. The second-order valence-electron chi connectivity index (χ2n) is 10.5. The molecule has 2 aromatic carbocycles. The SMILES string of the molecule is CC(C)(C)c1ccc(NC(=O)N[C@@H]2C3Oc4ccc(Oc5ccnc6c5CCC(=O)N6)cc4C32)cc1. The van der Waals surface area contributed by atoms with Gasteiger partial charge >= 0.3 is 6.03 Å². The van der Waals surface area contributed by atoms with Crippen molar-refractivity contribution in [3.63, 3.8) is 0 Å². The van der Waals surface area contributed by atoms with Gasteiger partial charge in [-0.1, -0.05) is 32.9 Å². The maximum Gasteiger partial charge on any atom is 0.319 e. The lowest BCUT2D eigenvalue weighted by Crippen LogP contribution is -2.34. The van der Waals surface area contributed by atoms with Crippen molar-refractivity contribution in [3.8, 4) is 17.2 Å². The molecule has 0 saturated heterocycles. The average molecular weight is 485 g/mol. The van der Waals surface area contributed by atoms with Gasteiger partial charge in [-0.05, 0) is 53.8 Å². The Hall–Kier alpha value is -4.07. The van der Waals surface area contributed by atoms with Crippen LogP contribution in [0.5, 0.6) is 17.2 Å². The first-order valence-electron chi connectivity index (χ1n) is 12.2. The van der Waals surface area contributed by atoms with Crippen LogP contribution in [0.25, 0.3) is 0 Å². The summed E-state index contributed by atoms with van der Waals surface area (Å²) >= 11 is 0. The van der Waals surface area contributed by atoms with Crippen molar-refractivity contribution in [1.82, 2.24) is 10.3 Å². The van der Waals surface area contributed by atoms with Crippen molar-refractivity contribution in [3.05, 3.63) is 71.4 Å². The fourth-order valence-corrected chi connectivity index (χ4v) is 4.93. The molecule has 3 aliphatic rings. The second kappa shape index (κ2) is 8.26. The van der Waals surface area contributed by atoms with E-state index in [4.69, 9.17) is 9.47 Å². The monoisotopic (exact) mass is 484 g/mol. The van der Waals surface area contributed by atoms with Crippen molar-refractivity contribution in [1.29, 1.82) is 0 Å². The highest BCUT2D eigenvalue weighted by Gasteiger charge is 2.59. The maximum absolute atomic E-state index is 12.6. The van der Waals surface area contributed by atoms with Crippen molar-refractivity contribution in [2.24, 2.45) is 0 Å². The number of nitrogens with zero attached hydrogens (tertiary/aromatic N) is 1. The van der Waals surface area contributed by atoms with Gasteiger partial charge in [-0.3, -0.25) is 4.79 Å². The molecule has 1 fully saturated rings. The lowest BCUT2D eigenvalue weighted by atomic mass is 9.87. The summed E-state index contributed by atoms with van der Waals surface area (Å²) in [7, 11) is 0. The van der Waals surface area contributed by atoms with Crippen molar-refractivity contribution in [2.45, 2.75) is 57.1 Å². The van der Waals surface area contributed by atoms with Gasteiger partial charge in [-0.25, -0.2) is 9.78 Å². The topological polar surface area (TPSA) is 102 Å². The Morgan fingerprint density at radius 2 is 1.92 bits per heavy atom. The minimum Gasteiger partial charge on any atom is -0.487 e. The Morgan fingerprint density at radius 3 is 2.69 bits per heavy atom. The number of aromatic nitrogens is 1. The number of carbonyl (C=O) groups is 2. The zero-order chi connectivity index (χ0) is 25.0. The number of nitrogens with one attached hydrogen (secondary N) is 3. The van der Waals surface area contributed by atoms with Crippen LogP contribution in [-0.2, 0) is 16.6 Å². The third-order valence-electron chi connectivity index (χ3n) is 6.96. The summed E-state index contributed by atoms with van der Waals surface area (Å²) in [5.74, 6) is 2.78. The molecule has 1 aliphatic carbocycles. The Labute approximate surface area is 209 Å². The van der Waals surface area contributed by atoms with Crippen LogP contribution in [0, 0.1) is 0 Å². The number of hydrogen-bond acceptors (Lipinski definition) is 5. The fraction of sp³-hybridized carbons (Fsp3) is 0.321. The molecule has 3 atom stereocenters. The van der Waals surface area contributed by atoms with Crippen LogP contribution in [0.3, 0.4) is 0 Å². The van der Waals surface area contributed by atoms with Gasteiger partial charge in [0.05, 0.1) is 12.0 Å². The minimum absolute atomic E-state index is 0.0360. The number of rotatable bonds is 4. The number of carbonyl (C=O) groups excluding carboxylic acids is 2. The maximum atomic E-state index is 12.6. The number of benzene rings is 2. The molecule has 3 heterocycles. The van der Waals surface area contributed by atoms with Crippen LogP contribution in [0.1, 0.15) is 49.8 Å². The first-order chi connectivity index (χ1) is 17.3. The van der Waals surface area contributed by atoms with E-state index in [9.17, 15) is 9.59 Å². The van der Waals surface area contributed by atoms with Gasteiger partial charge < -0.3 is 25.4 Å². The zero-order valence-corrected chi connectivity index (χ0v) is 20.4. The molecule has 1 saturated carbocycles. The fourth-order valence-electron chi connectivity index (χ4n) is 4.93. The van der Waals surface area contributed by atoms with Gasteiger partial charge in [0.25, 0.3) is 0 Å². The molecule has 1 aromatic heterocycles. The minimum atomic E-state index is -0.249. The van der Waals surface area contributed by atoms with Crippen molar-refractivity contribution in [2.75, 3.05) is 10.6 Å². The predicted molar refractivity (Wildman–Crippen MR) is 136 cm³/mol. The van der Waals surface area contributed by atoms with Gasteiger partial charge in [0, 0.05) is 29.4 Å². The Morgan fingerprint density at radius 1 is 1.11 bits per heavy atom. The first kappa shape index (κ1) is 22.4. The molecule has 3 aromatic rings. The summed E-state index contributed by atoms with van der Waals surface area (Å²) < 4.78 is 12.2. The highest BCUT2D eigenvalue weighted by molar-refractivity contribution is 5.93. The molecular formula is C28H28N4O4. The van der Waals surface area contributed by atoms with Gasteiger partial charge in [0.1, 0.15) is 29.2 Å². The van der Waals surface area contributed by atoms with Gasteiger partial charge in [-0.2, -0.15) is 0 Å². The molecule has 2 aliphatic heterocycles. The molecule has 36 heavy (non-hydrogen) atoms. The molecule has 8 heteroatoms. The van der Waals surface area contributed by atoms with E-state index in [0.717, 1.165) is 22.6 Å². The number of anilines is 2. The summed E-state index contributed by atoms with van der Waals surface area (Å²) in [6.45, 7) is 6.48. The molecule has 8 nitrogen and oxygen atoms in total. The highest BCUT2D eigenvalue weighted by atomic mass is 16.5. The summed E-state index contributed by atoms with van der Waals surface area (Å²) in [5, 5.41) is 8.75. The first-order valence-corrected chi connectivity index (χ1v) is 12.2. The van der Waals surface area contributed by atoms with Crippen LogP contribution >= 0.6 is 0 Å². The molecule has 0 spiro atoms. The smallest absolute Gasteiger partial charge is 0.319 e. The Bertz CT molecular complexity index is 1360. The second-order valence-corrected chi connectivity index (χ2v) is 10.5. The Balaban J connectivity index is 1.11. The number of fused-ring (bicyclic) bond motifs is 4. The van der Waals surface area contributed by atoms with E-state index in [0.29, 0.717) is 30.2 Å². The number of hydrogen-bond donors (Lipinski definition) is 3. The summed E-state index contributed by atoms with van der Waals surface area (Å²) in [4.78, 5) is 28.6. The van der Waals surface area contributed by atoms with Gasteiger partial charge in [-0.15, -0.1) is 0 Å². The van der Waals surface area contributed by atoms with Crippen molar-refractivity contribution >= 4 is 23.4 Å². The van der Waals surface area contributed by atoms with Gasteiger partial charge in [0.15, 0.2) is 0 Å². The molecule has 0 radical (unpaired) electrons. The molecule has 2 unspecified atom stereocenters. The van der Waals surface area contributed by atoms with E-state index < -0.39 is 0 Å². The number of urea groups is 1. The van der Waals surface area contributed by atoms with Gasteiger partial charge in [0.2, 0.25) is 5.91 Å². The molecule has 3 amide bonds. The predicted octanol–water partition coefficient (Wildman–Crippen LogP) is 5.10. The van der Waals surface area contributed by atoms with Crippen LogP contribution in [0.4, 0.5) is 16.3 Å². The van der Waals surface area contributed by atoms with E-state index in [1.54, 1.807) is 6.20 Å². The lowest BCUT2D eigenvalue weighted by molar-refractivity contribution is -0.116. The summed E-state index contributed by atoms with van der Waals surface area (Å²) in [6, 6.07) is 15.1. The molecule has 184 valence electrons. The van der Waals surface area contributed by atoms with Crippen LogP contribution < -0.4 is 25.4 Å². The normalized spacial score (nSPS) is 21.3. The van der Waals surface area contributed by atoms with E-state index in [1.807, 2.05) is 48.5 Å². The van der Waals surface area contributed by atoms with E-state index in [2.05, 4.69) is 41.7 Å². The molecular weight excluding hydrogens is 456 g/mol. The average Bonchev–Trinajstić information content (AvgIpc) is 3.34. The molecule has 6 rings (SSSR count). The van der Waals surface area contributed by atoms with E-state index in [-0.39, 0.29) is 35.4 Å². The number of pyridine rings is 1. The van der Waals surface area contributed by atoms with E-state index in [1.165, 1.54) is 5.56 Å². The molecule has 0 bridgehead atoms. The largest absolute Gasteiger partial charge is 0.487 e. The third kappa shape index (κ3) is 4.12. The zero-order valence-electron chi connectivity index (χ0n) is 20.4. The van der Waals surface area contributed by atoms with Crippen LogP contribution in [-0.4, -0.2) is 29.1 Å². The van der Waals surface area contributed by atoms with Crippen molar-refractivity contribution < 1.29 is 19.1 Å². The summed E-state index contributed by atoms with van der Waals surface area (Å²) in [5.41, 5.74) is 3.94. The van der Waals surface area contributed by atoms with Crippen LogP contribution in [0.15, 0.2) is 54.7 Å². The lowest BCUT2D eigenvalue weighted by Gasteiger charge is -2.19. The third-order valence-corrected chi connectivity index (χ3v) is 6.96. The van der Waals surface area contributed by atoms with E-state index >= 15 is 0 Å². The molecule has 3 N–H and O–H groups in total. The highest BCUT2D eigenvalue weighted by Crippen LogP contribution is 2.54.